The Morgan fingerprint density at radius 1 is 1.04 bits per heavy atom. The van der Waals surface area contributed by atoms with Gasteiger partial charge in [-0.2, -0.15) is 0 Å². The summed E-state index contributed by atoms with van der Waals surface area (Å²) in [6.45, 7) is 3.80. The minimum absolute atomic E-state index is 0.0178. The molecule has 0 aliphatic carbocycles. The molecule has 0 fully saturated rings. The van der Waals surface area contributed by atoms with Crippen LogP contribution in [0.4, 0.5) is 0 Å². The van der Waals surface area contributed by atoms with E-state index in [0.717, 1.165) is 5.56 Å². The van der Waals surface area contributed by atoms with E-state index in [0.29, 0.717) is 22.1 Å². The van der Waals surface area contributed by atoms with Crippen molar-refractivity contribution in [1.29, 1.82) is 0 Å². The SMILES string of the molecule is COc1cc(C(=O)NNC(=O)Cc2ccc(Cl)cc2)ccc1OC(C)C. The third kappa shape index (κ3) is 5.67. The van der Waals surface area contributed by atoms with Crippen molar-refractivity contribution in [3.8, 4) is 11.5 Å². The molecule has 2 aromatic rings. The van der Waals surface area contributed by atoms with Crippen LogP contribution < -0.4 is 20.3 Å². The highest BCUT2D eigenvalue weighted by molar-refractivity contribution is 6.30. The van der Waals surface area contributed by atoms with E-state index >= 15 is 0 Å². The van der Waals surface area contributed by atoms with Crippen molar-refractivity contribution in [2.45, 2.75) is 26.4 Å². The molecule has 0 spiro atoms. The van der Waals surface area contributed by atoms with Crippen LogP contribution in [0.15, 0.2) is 42.5 Å². The molecule has 2 N–H and O–H groups in total. The zero-order chi connectivity index (χ0) is 19.1. The standard InChI is InChI=1S/C19H21ClN2O4/c1-12(2)26-16-9-6-14(11-17(16)25-3)19(24)22-21-18(23)10-13-4-7-15(20)8-5-13/h4-9,11-12H,10H2,1-3H3,(H,21,23)(H,22,24). The number of nitrogens with one attached hydrogen (secondary N) is 2. The molecule has 26 heavy (non-hydrogen) atoms. The van der Waals surface area contributed by atoms with Gasteiger partial charge in [-0.15, -0.1) is 0 Å². The predicted octanol–water partition coefficient (Wildman–Crippen LogP) is 3.14. The lowest BCUT2D eigenvalue weighted by Crippen LogP contribution is -2.42. The summed E-state index contributed by atoms with van der Waals surface area (Å²) in [5.41, 5.74) is 5.89. The van der Waals surface area contributed by atoms with Crippen LogP contribution in [0.3, 0.4) is 0 Å². The minimum Gasteiger partial charge on any atom is -0.493 e. The molecule has 0 radical (unpaired) electrons. The van der Waals surface area contributed by atoms with Gasteiger partial charge in [0.05, 0.1) is 19.6 Å². The lowest BCUT2D eigenvalue weighted by Gasteiger charge is -2.14. The summed E-state index contributed by atoms with van der Waals surface area (Å²) >= 11 is 5.81. The monoisotopic (exact) mass is 376 g/mol. The Kier molecular flexibility index (Phi) is 6.86. The van der Waals surface area contributed by atoms with Gasteiger partial charge in [0.2, 0.25) is 5.91 Å². The van der Waals surface area contributed by atoms with Crippen LogP contribution >= 0.6 is 11.6 Å². The number of benzene rings is 2. The van der Waals surface area contributed by atoms with E-state index in [1.54, 1.807) is 42.5 Å². The fourth-order valence-electron chi connectivity index (χ4n) is 2.19. The van der Waals surface area contributed by atoms with E-state index in [1.807, 2.05) is 13.8 Å². The van der Waals surface area contributed by atoms with E-state index in [9.17, 15) is 9.59 Å². The van der Waals surface area contributed by atoms with Crippen LogP contribution in [0.1, 0.15) is 29.8 Å². The van der Waals surface area contributed by atoms with E-state index in [4.69, 9.17) is 21.1 Å². The summed E-state index contributed by atoms with van der Waals surface area (Å²) in [4.78, 5) is 24.1. The lowest BCUT2D eigenvalue weighted by molar-refractivity contribution is -0.121. The van der Waals surface area contributed by atoms with Gasteiger partial charge in [-0.05, 0) is 49.7 Å². The molecule has 0 unspecified atom stereocenters. The maximum Gasteiger partial charge on any atom is 0.269 e. The molecule has 2 amide bonds. The molecule has 0 bridgehead atoms. The number of ether oxygens (including phenoxy) is 2. The van der Waals surface area contributed by atoms with Crippen molar-refractivity contribution >= 4 is 23.4 Å². The number of rotatable bonds is 6. The largest absolute Gasteiger partial charge is 0.493 e. The molecular formula is C19H21ClN2O4. The van der Waals surface area contributed by atoms with Crippen LogP contribution in [0, 0.1) is 0 Å². The van der Waals surface area contributed by atoms with Gasteiger partial charge in [0, 0.05) is 10.6 Å². The van der Waals surface area contributed by atoms with Crippen molar-refractivity contribution in [3.63, 3.8) is 0 Å². The predicted molar refractivity (Wildman–Crippen MR) is 99.5 cm³/mol. The first-order valence-electron chi connectivity index (χ1n) is 8.07. The first kappa shape index (κ1) is 19.6. The van der Waals surface area contributed by atoms with Gasteiger partial charge in [0.15, 0.2) is 11.5 Å². The Morgan fingerprint density at radius 2 is 1.73 bits per heavy atom. The summed E-state index contributed by atoms with van der Waals surface area (Å²) in [5, 5.41) is 0.598. The number of methoxy groups -OCH3 is 1. The van der Waals surface area contributed by atoms with Crippen molar-refractivity contribution in [2.24, 2.45) is 0 Å². The number of hydrogen-bond donors (Lipinski definition) is 2. The molecule has 0 aromatic heterocycles. The molecule has 0 atom stereocenters. The van der Waals surface area contributed by atoms with Gasteiger partial charge in [0.25, 0.3) is 5.91 Å². The van der Waals surface area contributed by atoms with E-state index in [1.165, 1.54) is 7.11 Å². The number of amides is 2. The lowest BCUT2D eigenvalue weighted by atomic mass is 10.1. The molecule has 0 aliphatic rings. The molecule has 138 valence electrons. The highest BCUT2D eigenvalue weighted by atomic mass is 35.5. The summed E-state index contributed by atoms with van der Waals surface area (Å²) in [7, 11) is 1.50. The number of hydrogen-bond acceptors (Lipinski definition) is 4. The average molecular weight is 377 g/mol. The maximum absolute atomic E-state index is 12.2. The molecule has 0 saturated carbocycles. The fraction of sp³-hybridized carbons (Fsp3) is 0.263. The van der Waals surface area contributed by atoms with Gasteiger partial charge >= 0.3 is 0 Å². The molecule has 0 aliphatic heterocycles. The summed E-state index contributed by atoms with van der Waals surface area (Å²) in [5.74, 6) is 0.195. The highest BCUT2D eigenvalue weighted by Gasteiger charge is 2.13. The molecule has 0 saturated heterocycles. The zero-order valence-corrected chi connectivity index (χ0v) is 15.6. The molecule has 0 heterocycles. The summed E-state index contributed by atoms with van der Waals surface area (Å²) < 4.78 is 10.9. The molecule has 2 aromatic carbocycles. The van der Waals surface area contributed by atoms with Crippen LogP contribution in [-0.4, -0.2) is 25.0 Å². The number of hydrazine groups is 1. The average Bonchev–Trinajstić information content (AvgIpc) is 2.61. The first-order chi connectivity index (χ1) is 12.4. The van der Waals surface area contributed by atoms with E-state index in [-0.39, 0.29) is 18.4 Å². The van der Waals surface area contributed by atoms with Gasteiger partial charge in [-0.25, -0.2) is 0 Å². The Bertz CT molecular complexity index is 776. The maximum atomic E-state index is 12.2. The molecule has 7 heteroatoms. The normalized spacial score (nSPS) is 10.3. The quantitative estimate of drug-likeness (QED) is 0.759. The second-order valence-electron chi connectivity index (χ2n) is 5.84. The van der Waals surface area contributed by atoms with Crippen LogP contribution in [0.2, 0.25) is 5.02 Å². The van der Waals surface area contributed by atoms with Gasteiger partial charge in [0.1, 0.15) is 0 Å². The van der Waals surface area contributed by atoms with Crippen LogP contribution in [0.5, 0.6) is 11.5 Å². The van der Waals surface area contributed by atoms with E-state index < -0.39 is 5.91 Å². The number of halogens is 1. The van der Waals surface area contributed by atoms with Crippen LogP contribution in [0.25, 0.3) is 0 Å². The highest BCUT2D eigenvalue weighted by Crippen LogP contribution is 2.28. The van der Waals surface area contributed by atoms with Gasteiger partial charge in [-0.3, -0.25) is 20.4 Å². The smallest absolute Gasteiger partial charge is 0.269 e. The molecular weight excluding hydrogens is 356 g/mol. The summed E-state index contributed by atoms with van der Waals surface area (Å²) in [6, 6.07) is 11.7. The molecule has 6 nitrogen and oxygen atoms in total. The number of carbonyl (C=O) groups is 2. The Balaban J connectivity index is 1.94. The number of carbonyl (C=O) groups excluding carboxylic acids is 2. The van der Waals surface area contributed by atoms with Crippen molar-refractivity contribution in [2.75, 3.05) is 7.11 Å². The van der Waals surface area contributed by atoms with Crippen molar-refractivity contribution in [3.05, 3.63) is 58.6 Å². The summed E-state index contributed by atoms with van der Waals surface area (Å²) in [6.07, 6.45) is 0.109. The van der Waals surface area contributed by atoms with Gasteiger partial charge < -0.3 is 9.47 Å². The van der Waals surface area contributed by atoms with E-state index in [2.05, 4.69) is 10.9 Å². The first-order valence-corrected chi connectivity index (χ1v) is 8.45. The third-order valence-corrected chi connectivity index (χ3v) is 3.63. The Hall–Kier alpha value is -2.73. The Labute approximate surface area is 157 Å². The zero-order valence-electron chi connectivity index (χ0n) is 14.8. The third-order valence-electron chi connectivity index (χ3n) is 3.38. The second-order valence-corrected chi connectivity index (χ2v) is 6.27. The topological polar surface area (TPSA) is 76.7 Å². The minimum atomic E-state index is -0.455. The Morgan fingerprint density at radius 3 is 2.35 bits per heavy atom. The van der Waals surface area contributed by atoms with Crippen molar-refractivity contribution < 1.29 is 19.1 Å². The van der Waals surface area contributed by atoms with Crippen molar-refractivity contribution in [1.82, 2.24) is 10.9 Å². The second kappa shape index (κ2) is 9.10. The van der Waals surface area contributed by atoms with Gasteiger partial charge in [-0.1, -0.05) is 23.7 Å². The molecule has 2 rings (SSSR count). The van der Waals surface area contributed by atoms with Crippen LogP contribution in [-0.2, 0) is 11.2 Å². The fourth-order valence-corrected chi connectivity index (χ4v) is 2.32.